The summed E-state index contributed by atoms with van der Waals surface area (Å²) < 4.78 is 15.0. The van der Waals surface area contributed by atoms with Crippen molar-refractivity contribution in [2.45, 2.75) is 12.7 Å². The third kappa shape index (κ3) is 3.39. The molecule has 0 aromatic carbocycles. The smallest absolute Gasteiger partial charge is 0.263 e. The standard InChI is InChI=1S/C17H23FN8O/c1-24-4-6-25(7-5-24)13-2-3-20-9-12(13)22-17(27)14-15(19)23-26-10-11(18)8-21-16(14)26/h2-3,9,11,21H,4-8,10H2,1H3,(H2,19,23)(H,22,27). The summed E-state index contributed by atoms with van der Waals surface area (Å²) in [6.45, 7) is 3.86. The number of rotatable bonds is 3. The van der Waals surface area contributed by atoms with Crippen LogP contribution in [0, 0.1) is 0 Å². The van der Waals surface area contributed by atoms with Gasteiger partial charge < -0.3 is 26.2 Å². The molecule has 2 aromatic heterocycles. The van der Waals surface area contributed by atoms with E-state index in [4.69, 9.17) is 5.73 Å². The molecule has 0 aliphatic carbocycles. The minimum atomic E-state index is -1.06. The van der Waals surface area contributed by atoms with E-state index < -0.39 is 6.17 Å². The molecule has 4 heterocycles. The number of hydrogen-bond donors (Lipinski definition) is 3. The van der Waals surface area contributed by atoms with Crippen molar-refractivity contribution in [2.75, 3.05) is 61.0 Å². The summed E-state index contributed by atoms with van der Waals surface area (Å²) in [5.41, 5.74) is 7.70. The zero-order valence-corrected chi connectivity index (χ0v) is 15.2. The summed E-state index contributed by atoms with van der Waals surface area (Å²) in [6.07, 6.45) is 2.28. The van der Waals surface area contributed by atoms with Crippen molar-refractivity contribution in [1.29, 1.82) is 0 Å². The first-order valence-electron chi connectivity index (χ1n) is 8.96. The molecule has 1 atom stereocenters. The highest BCUT2D eigenvalue weighted by atomic mass is 19.1. The quantitative estimate of drug-likeness (QED) is 0.724. The second kappa shape index (κ2) is 7.03. The summed E-state index contributed by atoms with van der Waals surface area (Å²) in [5.74, 6) is 0.139. The Morgan fingerprint density at radius 3 is 2.93 bits per heavy atom. The molecule has 144 valence electrons. The van der Waals surface area contributed by atoms with E-state index in [0.29, 0.717) is 11.5 Å². The van der Waals surface area contributed by atoms with Crippen LogP contribution in [0.1, 0.15) is 10.4 Å². The molecular weight excluding hydrogens is 351 g/mol. The first-order chi connectivity index (χ1) is 13.0. The van der Waals surface area contributed by atoms with Gasteiger partial charge in [-0.25, -0.2) is 9.07 Å². The van der Waals surface area contributed by atoms with Gasteiger partial charge in [0.2, 0.25) is 0 Å². The Hall–Kier alpha value is -2.88. The van der Waals surface area contributed by atoms with Crippen LogP contribution in [0.2, 0.25) is 0 Å². The molecule has 9 nitrogen and oxygen atoms in total. The lowest BCUT2D eigenvalue weighted by molar-refractivity contribution is 0.102. The van der Waals surface area contributed by atoms with E-state index >= 15 is 0 Å². The Morgan fingerprint density at radius 1 is 1.37 bits per heavy atom. The second-order valence-corrected chi connectivity index (χ2v) is 6.91. The lowest BCUT2D eigenvalue weighted by Gasteiger charge is -2.34. The number of halogens is 1. The van der Waals surface area contributed by atoms with Crippen molar-refractivity contribution in [3.05, 3.63) is 24.0 Å². The highest BCUT2D eigenvalue weighted by Gasteiger charge is 2.28. The molecule has 10 heteroatoms. The molecule has 0 saturated carbocycles. The largest absolute Gasteiger partial charge is 0.381 e. The number of fused-ring (bicyclic) bond motifs is 1. The van der Waals surface area contributed by atoms with Crippen molar-refractivity contribution in [3.8, 4) is 0 Å². The third-order valence-electron chi connectivity index (χ3n) is 4.96. The molecule has 4 N–H and O–H groups in total. The number of nitrogens with zero attached hydrogens (tertiary/aromatic N) is 5. The zero-order valence-electron chi connectivity index (χ0n) is 15.2. The van der Waals surface area contributed by atoms with E-state index in [1.807, 2.05) is 6.07 Å². The maximum Gasteiger partial charge on any atom is 0.263 e. The van der Waals surface area contributed by atoms with Gasteiger partial charge in [0.25, 0.3) is 5.91 Å². The molecule has 2 aromatic rings. The lowest BCUT2D eigenvalue weighted by atomic mass is 10.2. The average Bonchev–Trinajstić information content (AvgIpc) is 2.98. The van der Waals surface area contributed by atoms with Crippen LogP contribution in [0.5, 0.6) is 0 Å². The number of nitrogens with one attached hydrogen (secondary N) is 2. The number of nitrogens with two attached hydrogens (primary N) is 1. The number of carbonyl (C=O) groups excluding carboxylic acids is 1. The minimum absolute atomic E-state index is 0.0779. The highest BCUT2D eigenvalue weighted by molar-refractivity contribution is 6.11. The number of carbonyl (C=O) groups is 1. The average molecular weight is 374 g/mol. The van der Waals surface area contributed by atoms with Gasteiger partial charge in [-0.1, -0.05) is 0 Å². The fourth-order valence-corrected chi connectivity index (χ4v) is 3.47. The van der Waals surface area contributed by atoms with Crippen LogP contribution in [-0.2, 0) is 6.54 Å². The number of anilines is 4. The number of likely N-dealkylation sites (N-methyl/N-ethyl adjacent to an activating group) is 1. The number of piperazine rings is 1. The van der Waals surface area contributed by atoms with Gasteiger partial charge in [0, 0.05) is 38.9 Å². The number of aromatic nitrogens is 3. The van der Waals surface area contributed by atoms with Gasteiger partial charge in [-0.05, 0) is 13.1 Å². The predicted octanol–water partition coefficient (Wildman–Crippen LogP) is 0.628. The Labute approximate surface area is 156 Å². The van der Waals surface area contributed by atoms with Crippen molar-refractivity contribution in [3.63, 3.8) is 0 Å². The Kier molecular flexibility index (Phi) is 4.56. The summed E-state index contributed by atoms with van der Waals surface area (Å²) in [6, 6.07) is 1.89. The van der Waals surface area contributed by atoms with Crippen LogP contribution in [-0.4, -0.2) is 71.5 Å². The van der Waals surface area contributed by atoms with Crippen LogP contribution >= 0.6 is 0 Å². The van der Waals surface area contributed by atoms with Crippen LogP contribution in [0.3, 0.4) is 0 Å². The van der Waals surface area contributed by atoms with Gasteiger partial charge in [0.05, 0.1) is 24.1 Å². The van der Waals surface area contributed by atoms with E-state index in [0.717, 1.165) is 31.9 Å². The normalized spacial score (nSPS) is 20.1. The van der Waals surface area contributed by atoms with Gasteiger partial charge >= 0.3 is 0 Å². The molecule has 1 amide bonds. The van der Waals surface area contributed by atoms with Crippen molar-refractivity contribution >= 4 is 28.9 Å². The van der Waals surface area contributed by atoms with Gasteiger partial charge in [0.15, 0.2) is 5.82 Å². The molecular formula is C17H23FN8O. The first-order valence-corrected chi connectivity index (χ1v) is 8.96. The van der Waals surface area contributed by atoms with Crippen molar-refractivity contribution < 1.29 is 9.18 Å². The van der Waals surface area contributed by atoms with Gasteiger partial charge in [-0.2, -0.15) is 5.10 Å². The van der Waals surface area contributed by atoms with E-state index in [1.54, 1.807) is 12.4 Å². The lowest BCUT2D eigenvalue weighted by Crippen LogP contribution is -2.44. The SMILES string of the molecule is CN1CCN(c2ccncc2NC(=O)c2c(N)nn3c2NCC(F)C3)CC1. The molecule has 2 aliphatic heterocycles. The number of pyridine rings is 1. The maximum atomic E-state index is 13.6. The molecule has 0 spiro atoms. The van der Waals surface area contributed by atoms with Crippen molar-refractivity contribution in [1.82, 2.24) is 19.7 Å². The van der Waals surface area contributed by atoms with Crippen molar-refractivity contribution in [2.24, 2.45) is 0 Å². The minimum Gasteiger partial charge on any atom is -0.381 e. The number of amides is 1. The van der Waals surface area contributed by atoms with Crippen LogP contribution in [0.4, 0.5) is 27.4 Å². The monoisotopic (exact) mass is 374 g/mol. The topological polar surface area (TPSA) is 104 Å². The maximum absolute atomic E-state index is 13.6. The first kappa shape index (κ1) is 17.5. The van der Waals surface area contributed by atoms with E-state index in [1.165, 1.54) is 4.68 Å². The van der Waals surface area contributed by atoms with E-state index in [9.17, 15) is 9.18 Å². The molecule has 4 rings (SSSR count). The zero-order chi connectivity index (χ0) is 19.0. The fourth-order valence-electron chi connectivity index (χ4n) is 3.47. The summed E-state index contributed by atoms with van der Waals surface area (Å²) >= 11 is 0. The molecule has 2 aliphatic rings. The number of alkyl halides is 1. The van der Waals surface area contributed by atoms with Gasteiger partial charge in [-0.15, -0.1) is 0 Å². The second-order valence-electron chi connectivity index (χ2n) is 6.91. The summed E-state index contributed by atoms with van der Waals surface area (Å²) in [7, 11) is 2.09. The molecule has 1 unspecified atom stereocenters. The predicted molar refractivity (Wildman–Crippen MR) is 102 cm³/mol. The third-order valence-corrected chi connectivity index (χ3v) is 4.96. The fraction of sp³-hybridized carbons (Fsp3) is 0.471. The Balaban J connectivity index is 1.58. The Bertz CT molecular complexity index is 845. The van der Waals surface area contributed by atoms with Crippen LogP contribution in [0.15, 0.2) is 18.5 Å². The van der Waals surface area contributed by atoms with Crippen LogP contribution in [0.25, 0.3) is 0 Å². The van der Waals surface area contributed by atoms with E-state index in [-0.39, 0.29) is 30.4 Å². The van der Waals surface area contributed by atoms with Crippen LogP contribution < -0.4 is 21.3 Å². The Morgan fingerprint density at radius 2 is 2.15 bits per heavy atom. The number of nitrogen functional groups attached to an aromatic ring is 1. The summed E-state index contributed by atoms with van der Waals surface area (Å²) in [4.78, 5) is 21.5. The van der Waals surface area contributed by atoms with E-state index in [2.05, 4.69) is 37.6 Å². The highest BCUT2D eigenvalue weighted by Crippen LogP contribution is 2.30. The molecule has 1 saturated heterocycles. The summed E-state index contributed by atoms with van der Waals surface area (Å²) in [5, 5.41) is 9.89. The molecule has 0 bridgehead atoms. The van der Waals surface area contributed by atoms with Gasteiger partial charge in [-0.3, -0.25) is 9.78 Å². The van der Waals surface area contributed by atoms with Gasteiger partial charge in [0.1, 0.15) is 17.6 Å². The molecule has 1 fully saturated rings. The molecule has 0 radical (unpaired) electrons. The number of hydrogen-bond acceptors (Lipinski definition) is 7. The molecule has 27 heavy (non-hydrogen) atoms.